The molecule has 0 saturated carbocycles. The Kier molecular flexibility index (Phi) is 4.43. The number of hydrogen-bond donors (Lipinski definition) is 1. The number of hydrogen-bond acceptors (Lipinski definition) is 5. The van der Waals surface area contributed by atoms with Crippen molar-refractivity contribution in [1.82, 2.24) is 4.57 Å². The van der Waals surface area contributed by atoms with Crippen LogP contribution in [0.4, 0.5) is 11.4 Å². The van der Waals surface area contributed by atoms with E-state index in [0.717, 1.165) is 10.2 Å². The fourth-order valence-corrected chi connectivity index (χ4v) is 2.52. The van der Waals surface area contributed by atoms with E-state index >= 15 is 0 Å². The summed E-state index contributed by atoms with van der Waals surface area (Å²) in [4.78, 5) is 14.0. The molecule has 0 fully saturated rings. The van der Waals surface area contributed by atoms with Crippen LogP contribution in [-0.2, 0) is 4.74 Å². The Morgan fingerprint density at radius 3 is 2.68 bits per heavy atom. The quantitative estimate of drug-likeness (QED) is 0.848. The third-order valence-electron chi connectivity index (χ3n) is 3.22. The molecule has 0 saturated heterocycles. The van der Waals surface area contributed by atoms with Gasteiger partial charge in [0.05, 0.1) is 29.7 Å². The molecule has 1 aromatic carbocycles. The molecule has 1 aromatic heterocycles. The van der Waals surface area contributed by atoms with Gasteiger partial charge < -0.3 is 19.9 Å². The van der Waals surface area contributed by atoms with Gasteiger partial charge in [-0.15, -0.1) is 0 Å². The third-order valence-corrected chi connectivity index (χ3v) is 3.72. The molecule has 0 bridgehead atoms. The van der Waals surface area contributed by atoms with Gasteiger partial charge in [0, 0.05) is 24.8 Å². The largest absolute Gasteiger partial charge is 0.464 e. The molecule has 2 N–H and O–H groups in total. The molecule has 0 amide bonds. The summed E-state index contributed by atoms with van der Waals surface area (Å²) < 4.78 is 7.22. The maximum atomic E-state index is 12.1. The van der Waals surface area contributed by atoms with Crippen molar-refractivity contribution in [2.75, 3.05) is 31.8 Å². The van der Waals surface area contributed by atoms with Crippen LogP contribution < -0.4 is 10.6 Å². The average molecular weight is 363 g/mol. The molecule has 2 aromatic rings. The Morgan fingerprint density at radius 2 is 2.14 bits per heavy atom. The van der Waals surface area contributed by atoms with Gasteiger partial charge in [0.15, 0.2) is 5.69 Å². The monoisotopic (exact) mass is 362 g/mol. The van der Waals surface area contributed by atoms with Crippen molar-refractivity contribution in [3.05, 3.63) is 40.1 Å². The average Bonchev–Trinajstić information content (AvgIpc) is 2.82. The highest BCUT2D eigenvalue weighted by Gasteiger charge is 2.23. The Labute approximate surface area is 136 Å². The predicted octanol–water partition coefficient (Wildman–Crippen LogP) is 2.55. The zero-order valence-corrected chi connectivity index (χ0v) is 14.0. The Bertz CT molecular complexity index is 775. The number of nitrogen functional groups attached to an aromatic ring is 1. The van der Waals surface area contributed by atoms with Gasteiger partial charge in [0.1, 0.15) is 6.07 Å². The summed E-state index contributed by atoms with van der Waals surface area (Å²) in [6.07, 6.45) is 1.54. The van der Waals surface area contributed by atoms with E-state index in [4.69, 9.17) is 10.5 Å². The molecule has 1 heterocycles. The van der Waals surface area contributed by atoms with Crippen LogP contribution >= 0.6 is 15.9 Å². The number of anilines is 2. The highest BCUT2D eigenvalue weighted by Crippen LogP contribution is 2.31. The van der Waals surface area contributed by atoms with Crippen LogP contribution in [0.3, 0.4) is 0 Å². The molecule has 0 unspecified atom stereocenters. The fourth-order valence-electron chi connectivity index (χ4n) is 2.17. The van der Waals surface area contributed by atoms with E-state index < -0.39 is 5.97 Å². The van der Waals surface area contributed by atoms with Crippen LogP contribution in [-0.4, -0.2) is 31.7 Å². The number of halogens is 1. The number of nitrogens with zero attached hydrogens (tertiary/aromatic N) is 3. The van der Waals surface area contributed by atoms with E-state index in [9.17, 15) is 10.1 Å². The van der Waals surface area contributed by atoms with Crippen LogP contribution in [0.15, 0.2) is 28.9 Å². The molecule has 0 atom stereocenters. The van der Waals surface area contributed by atoms with Crippen molar-refractivity contribution in [3.63, 3.8) is 0 Å². The maximum Gasteiger partial charge on any atom is 0.357 e. The van der Waals surface area contributed by atoms with E-state index in [-0.39, 0.29) is 16.9 Å². The van der Waals surface area contributed by atoms with E-state index in [2.05, 4.69) is 15.9 Å². The molecular formula is C15H15BrN4O2. The van der Waals surface area contributed by atoms with Crippen LogP contribution in [0.5, 0.6) is 0 Å². The van der Waals surface area contributed by atoms with Gasteiger partial charge >= 0.3 is 5.97 Å². The number of carbonyl (C=O) groups excluding carboxylic acids is 1. The number of nitrogens with two attached hydrogens (primary N) is 1. The number of methoxy groups -OCH3 is 1. The van der Waals surface area contributed by atoms with E-state index in [1.807, 2.05) is 43.3 Å². The van der Waals surface area contributed by atoms with Crippen LogP contribution in [0.2, 0.25) is 0 Å². The first-order chi connectivity index (χ1) is 10.4. The second kappa shape index (κ2) is 6.12. The van der Waals surface area contributed by atoms with Crippen molar-refractivity contribution in [1.29, 1.82) is 5.26 Å². The number of carbonyl (C=O) groups is 1. The Hall–Kier alpha value is -2.46. The summed E-state index contributed by atoms with van der Waals surface area (Å²) in [6, 6.07) is 7.64. The molecule has 6 nitrogen and oxygen atoms in total. The molecule has 2 rings (SSSR count). The van der Waals surface area contributed by atoms with E-state index in [0.29, 0.717) is 5.69 Å². The van der Waals surface area contributed by atoms with Crippen LogP contribution in [0.25, 0.3) is 5.69 Å². The minimum Gasteiger partial charge on any atom is -0.464 e. The minimum absolute atomic E-state index is 0.110. The number of nitriles is 1. The summed E-state index contributed by atoms with van der Waals surface area (Å²) >= 11 is 3.42. The highest BCUT2D eigenvalue weighted by atomic mass is 79.9. The summed E-state index contributed by atoms with van der Waals surface area (Å²) in [7, 11) is 5.06. The standard InChI is InChI=1S/C15H15BrN4O2/c1-19(2)11-5-4-10(16)6-12(11)20-8-9(7-17)13(18)14(20)15(21)22-3/h4-6,8H,18H2,1-3H3. The van der Waals surface area contributed by atoms with Gasteiger partial charge in [-0.3, -0.25) is 0 Å². The van der Waals surface area contributed by atoms with Gasteiger partial charge in [-0.25, -0.2) is 4.79 Å². The SMILES string of the molecule is COC(=O)c1c(N)c(C#N)cn1-c1cc(Br)ccc1N(C)C. The molecule has 0 aliphatic heterocycles. The van der Waals surface area contributed by atoms with Crippen molar-refractivity contribution in [3.8, 4) is 11.8 Å². The predicted molar refractivity (Wildman–Crippen MR) is 88.3 cm³/mol. The molecule has 22 heavy (non-hydrogen) atoms. The zero-order valence-electron chi connectivity index (χ0n) is 12.4. The second-order valence-corrected chi connectivity index (χ2v) is 5.72. The highest BCUT2D eigenvalue weighted by molar-refractivity contribution is 9.10. The summed E-state index contributed by atoms with van der Waals surface area (Å²) in [5, 5.41) is 9.18. The van der Waals surface area contributed by atoms with Crippen molar-refractivity contribution < 1.29 is 9.53 Å². The van der Waals surface area contributed by atoms with Crippen molar-refractivity contribution >= 4 is 33.3 Å². The maximum absolute atomic E-state index is 12.1. The van der Waals surface area contributed by atoms with Gasteiger partial charge in [0.2, 0.25) is 0 Å². The molecule has 0 aliphatic carbocycles. The van der Waals surface area contributed by atoms with E-state index in [1.54, 1.807) is 4.57 Å². The fraction of sp³-hybridized carbons (Fsp3) is 0.200. The molecule has 0 aliphatic rings. The van der Waals surface area contributed by atoms with Crippen LogP contribution in [0, 0.1) is 11.3 Å². The van der Waals surface area contributed by atoms with Gasteiger partial charge in [-0.2, -0.15) is 5.26 Å². The second-order valence-electron chi connectivity index (χ2n) is 4.81. The molecule has 0 spiro atoms. The lowest BCUT2D eigenvalue weighted by Crippen LogP contribution is -2.15. The number of rotatable bonds is 3. The normalized spacial score (nSPS) is 10.1. The van der Waals surface area contributed by atoms with Crippen molar-refractivity contribution in [2.24, 2.45) is 0 Å². The van der Waals surface area contributed by atoms with Gasteiger partial charge in [-0.05, 0) is 18.2 Å². The lowest BCUT2D eigenvalue weighted by molar-refractivity contribution is 0.0593. The first-order valence-electron chi connectivity index (χ1n) is 6.37. The zero-order chi connectivity index (χ0) is 16.4. The van der Waals surface area contributed by atoms with Gasteiger partial charge in [-0.1, -0.05) is 15.9 Å². The smallest absolute Gasteiger partial charge is 0.357 e. The third kappa shape index (κ3) is 2.65. The summed E-state index contributed by atoms with van der Waals surface area (Å²) in [5.74, 6) is -0.594. The van der Waals surface area contributed by atoms with E-state index in [1.165, 1.54) is 13.3 Å². The topological polar surface area (TPSA) is 84.3 Å². The summed E-state index contributed by atoms with van der Waals surface area (Å²) in [6.45, 7) is 0. The molecule has 7 heteroatoms. The van der Waals surface area contributed by atoms with Gasteiger partial charge in [0.25, 0.3) is 0 Å². The first-order valence-corrected chi connectivity index (χ1v) is 7.16. The minimum atomic E-state index is -0.594. The van der Waals surface area contributed by atoms with Crippen LogP contribution in [0.1, 0.15) is 16.1 Å². The Balaban J connectivity index is 2.81. The first kappa shape index (κ1) is 15.9. The number of esters is 1. The van der Waals surface area contributed by atoms with Crippen molar-refractivity contribution in [2.45, 2.75) is 0 Å². The number of benzene rings is 1. The number of ether oxygens (including phenoxy) is 1. The summed E-state index contributed by atoms with van der Waals surface area (Å²) in [5.41, 5.74) is 7.98. The molecule has 0 radical (unpaired) electrons. The number of aromatic nitrogens is 1. The Morgan fingerprint density at radius 1 is 1.45 bits per heavy atom. The lowest BCUT2D eigenvalue weighted by Gasteiger charge is -2.19. The molecule has 114 valence electrons. The lowest BCUT2D eigenvalue weighted by atomic mass is 10.2. The molecular weight excluding hydrogens is 348 g/mol.